The van der Waals surface area contributed by atoms with E-state index >= 15 is 0 Å². The lowest BCUT2D eigenvalue weighted by Gasteiger charge is -2.22. The molecule has 0 aliphatic heterocycles. The maximum absolute atomic E-state index is 12.2. The van der Waals surface area contributed by atoms with Crippen molar-refractivity contribution in [3.63, 3.8) is 0 Å². The molecule has 0 aromatic rings. The highest BCUT2D eigenvalue weighted by Gasteiger charge is 2.29. The van der Waals surface area contributed by atoms with Gasteiger partial charge in [0.25, 0.3) is 0 Å². The summed E-state index contributed by atoms with van der Waals surface area (Å²) in [6.07, 6.45) is -1.53. The molecule has 158 valence electrons. The van der Waals surface area contributed by atoms with Crippen LogP contribution in [0, 0.1) is 0 Å². The zero-order chi connectivity index (χ0) is 22.0. The summed E-state index contributed by atoms with van der Waals surface area (Å²) in [5, 5.41) is 32.5. The third kappa shape index (κ3) is 8.91. The Morgan fingerprint density at radius 3 is 1.82 bits per heavy atom. The molecular formula is C14H23N5O9. The van der Waals surface area contributed by atoms with Gasteiger partial charge in [0.2, 0.25) is 23.6 Å². The van der Waals surface area contributed by atoms with Crippen LogP contribution in [0.4, 0.5) is 0 Å². The molecular weight excluding hydrogens is 382 g/mol. The summed E-state index contributed by atoms with van der Waals surface area (Å²) in [4.78, 5) is 68.5. The molecule has 0 bridgehead atoms. The van der Waals surface area contributed by atoms with Crippen molar-refractivity contribution < 1.29 is 44.1 Å². The Balaban J connectivity index is 5.05. The standard InChI is InChI=1S/C14H23N5O9/c1-5(11(24)19-8(14(27)28)3-10(22)23)17-13(26)7(2-9(16)21)18-12(25)6(15)4-20/h5-8,20H,2-4,15H2,1H3,(H2,16,21)(H,17,26)(H,18,25)(H,19,24)(H,22,23)(H,27,28). The lowest BCUT2D eigenvalue weighted by atomic mass is 10.1. The number of rotatable bonds is 12. The third-order valence-electron chi connectivity index (χ3n) is 3.32. The number of aliphatic hydroxyl groups is 1. The highest BCUT2D eigenvalue weighted by molar-refractivity contribution is 5.96. The molecule has 0 rings (SSSR count). The van der Waals surface area contributed by atoms with Gasteiger partial charge in [-0.3, -0.25) is 24.0 Å². The molecule has 14 nitrogen and oxygen atoms in total. The van der Waals surface area contributed by atoms with Gasteiger partial charge in [0.15, 0.2) is 0 Å². The minimum absolute atomic E-state index is 0.638. The number of aliphatic hydroxyl groups excluding tert-OH is 1. The fourth-order valence-electron chi connectivity index (χ4n) is 1.82. The van der Waals surface area contributed by atoms with Crippen LogP contribution in [-0.2, 0) is 28.8 Å². The number of nitrogens with two attached hydrogens (primary N) is 2. The van der Waals surface area contributed by atoms with Crippen LogP contribution < -0.4 is 27.4 Å². The number of nitrogens with one attached hydrogen (secondary N) is 3. The third-order valence-corrected chi connectivity index (χ3v) is 3.32. The predicted molar refractivity (Wildman–Crippen MR) is 90.2 cm³/mol. The Labute approximate surface area is 158 Å². The lowest BCUT2D eigenvalue weighted by molar-refractivity contribution is -0.147. The van der Waals surface area contributed by atoms with Crippen LogP contribution in [0.2, 0.25) is 0 Å². The van der Waals surface area contributed by atoms with E-state index in [-0.39, 0.29) is 0 Å². The molecule has 28 heavy (non-hydrogen) atoms. The number of carbonyl (C=O) groups excluding carboxylic acids is 4. The average Bonchev–Trinajstić information content (AvgIpc) is 2.58. The van der Waals surface area contributed by atoms with Crippen molar-refractivity contribution >= 4 is 35.6 Å². The van der Waals surface area contributed by atoms with Gasteiger partial charge in [-0.15, -0.1) is 0 Å². The smallest absolute Gasteiger partial charge is 0.326 e. The number of carboxylic acid groups (broad SMARTS) is 2. The van der Waals surface area contributed by atoms with E-state index in [4.69, 9.17) is 26.8 Å². The van der Waals surface area contributed by atoms with Gasteiger partial charge in [0, 0.05) is 0 Å². The van der Waals surface area contributed by atoms with Crippen LogP contribution in [0.25, 0.3) is 0 Å². The van der Waals surface area contributed by atoms with Gasteiger partial charge in [0.05, 0.1) is 19.4 Å². The molecule has 0 saturated carbocycles. The number of carboxylic acids is 2. The number of hydrogen-bond acceptors (Lipinski definition) is 8. The molecule has 0 saturated heterocycles. The maximum atomic E-state index is 12.2. The molecule has 14 heteroatoms. The van der Waals surface area contributed by atoms with E-state index in [1.807, 2.05) is 5.32 Å². The summed E-state index contributed by atoms with van der Waals surface area (Å²) < 4.78 is 0. The predicted octanol–water partition coefficient (Wildman–Crippen LogP) is -4.78. The first-order valence-electron chi connectivity index (χ1n) is 7.89. The Morgan fingerprint density at radius 1 is 0.857 bits per heavy atom. The Bertz CT molecular complexity index is 639. The Morgan fingerprint density at radius 2 is 1.39 bits per heavy atom. The first-order valence-corrected chi connectivity index (χ1v) is 7.89. The van der Waals surface area contributed by atoms with Crippen molar-refractivity contribution in [3.05, 3.63) is 0 Å². The number of primary amides is 1. The first kappa shape index (κ1) is 24.7. The Kier molecular flexibility index (Phi) is 10.1. The summed E-state index contributed by atoms with van der Waals surface area (Å²) in [7, 11) is 0. The second-order valence-electron chi connectivity index (χ2n) is 5.75. The van der Waals surface area contributed by atoms with Gasteiger partial charge < -0.3 is 42.7 Å². The van der Waals surface area contributed by atoms with Crippen LogP contribution in [0.1, 0.15) is 19.8 Å². The van der Waals surface area contributed by atoms with Crippen molar-refractivity contribution in [2.75, 3.05) is 6.61 Å². The molecule has 10 N–H and O–H groups in total. The molecule has 0 aromatic carbocycles. The summed E-state index contributed by atoms with van der Waals surface area (Å²) in [6.45, 7) is 0.436. The molecule has 0 aliphatic rings. The lowest BCUT2D eigenvalue weighted by Crippen LogP contribution is -2.57. The molecule has 4 unspecified atom stereocenters. The summed E-state index contributed by atoms with van der Waals surface area (Å²) in [5.41, 5.74) is 10.3. The first-order chi connectivity index (χ1) is 12.9. The van der Waals surface area contributed by atoms with Crippen molar-refractivity contribution in [3.8, 4) is 0 Å². The molecule has 4 atom stereocenters. The molecule has 0 heterocycles. The molecule has 0 radical (unpaired) electrons. The number of hydrogen-bond donors (Lipinski definition) is 8. The molecule has 0 aromatic heterocycles. The van der Waals surface area contributed by atoms with E-state index in [2.05, 4.69) is 10.6 Å². The van der Waals surface area contributed by atoms with E-state index in [0.29, 0.717) is 0 Å². The van der Waals surface area contributed by atoms with Crippen LogP contribution in [0.15, 0.2) is 0 Å². The zero-order valence-electron chi connectivity index (χ0n) is 14.9. The Hall–Kier alpha value is -3.26. The van der Waals surface area contributed by atoms with Gasteiger partial charge in [0.1, 0.15) is 24.2 Å². The van der Waals surface area contributed by atoms with Gasteiger partial charge in [-0.25, -0.2) is 4.79 Å². The number of aliphatic carboxylic acids is 2. The molecule has 0 spiro atoms. The molecule has 0 aliphatic carbocycles. The minimum atomic E-state index is -1.73. The largest absolute Gasteiger partial charge is 0.481 e. The quantitative estimate of drug-likeness (QED) is 0.154. The van der Waals surface area contributed by atoms with E-state index in [1.54, 1.807) is 0 Å². The van der Waals surface area contributed by atoms with Gasteiger partial charge in [-0.1, -0.05) is 0 Å². The van der Waals surface area contributed by atoms with Crippen LogP contribution >= 0.6 is 0 Å². The normalized spacial score (nSPS) is 14.7. The minimum Gasteiger partial charge on any atom is -0.481 e. The number of amides is 4. The average molecular weight is 405 g/mol. The van der Waals surface area contributed by atoms with Crippen LogP contribution in [0.3, 0.4) is 0 Å². The van der Waals surface area contributed by atoms with E-state index in [0.717, 1.165) is 6.92 Å². The summed E-state index contributed by atoms with van der Waals surface area (Å²) in [6, 6.07) is -5.95. The summed E-state index contributed by atoms with van der Waals surface area (Å²) >= 11 is 0. The van der Waals surface area contributed by atoms with Crippen LogP contribution in [-0.4, -0.2) is 81.7 Å². The zero-order valence-corrected chi connectivity index (χ0v) is 14.9. The molecule has 0 fully saturated rings. The van der Waals surface area contributed by atoms with Gasteiger partial charge in [-0.2, -0.15) is 0 Å². The van der Waals surface area contributed by atoms with E-state index < -0.39 is 79.2 Å². The monoisotopic (exact) mass is 405 g/mol. The SMILES string of the molecule is CC(NC(=O)C(CC(N)=O)NC(=O)C(N)CO)C(=O)NC(CC(=O)O)C(=O)O. The van der Waals surface area contributed by atoms with Gasteiger partial charge in [-0.05, 0) is 6.92 Å². The summed E-state index contributed by atoms with van der Waals surface area (Å²) in [5.74, 6) is -6.99. The fraction of sp³-hybridized carbons (Fsp3) is 0.571. The highest BCUT2D eigenvalue weighted by Crippen LogP contribution is 1.98. The van der Waals surface area contributed by atoms with Crippen LogP contribution in [0.5, 0.6) is 0 Å². The molecule has 4 amide bonds. The van der Waals surface area contributed by atoms with Gasteiger partial charge >= 0.3 is 11.9 Å². The topological polar surface area (TPSA) is 251 Å². The second-order valence-corrected chi connectivity index (χ2v) is 5.75. The highest BCUT2D eigenvalue weighted by atomic mass is 16.4. The van der Waals surface area contributed by atoms with E-state index in [9.17, 15) is 28.8 Å². The van der Waals surface area contributed by atoms with Crippen molar-refractivity contribution in [2.24, 2.45) is 11.5 Å². The fourth-order valence-corrected chi connectivity index (χ4v) is 1.82. The van der Waals surface area contributed by atoms with Crippen molar-refractivity contribution in [1.82, 2.24) is 16.0 Å². The second kappa shape index (κ2) is 11.5. The maximum Gasteiger partial charge on any atom is 0.326 e. The van der Waals surface area contributed by atoms with Crippen molar-refractivity contribution in [1.29, 1.82) is 0 Å². The van der Waals surface area contributed by atoms with E-state index in [1.165, 1.54) is 0 Å². The number of carbonyl (C=O) groups is 6. The van der Waals surface area contributed by atoms with Crippen molar-refractivity contribution in [2.45, 2.75) is 43.9 Å².